The number of phenols is 1. The molecule has 1 aromatic heterocycles. The van der Waals surface area contributed by atoms with Crippen LogP contribution in [0.1, 0.15) is 39.4 Å². The van der Waals surface area contributed by atoms with Crippen LogP contribution in [0, 0.1) is 0 Å². The number of hydrogen-bond acceptors (Lipinski definition) is 8. The van der Waals surface area contributed by atoms with Gasteiger partial charge in [0.15, 0.2) is 11.5 Å². The van der Waals surface area contributed by atoms with Crippen LogP contribution >= 0.6 is 0 Å². The van der Waals surface area contributed by atoms with Gasteiger partial charge in [0.1, 0.15) is 11.9 Å². The number of aromatic nitrogens is 2. The maximum Gasteiger partial charge on any atom is 0.267 e. The Labute approximate surface area is 219 Å². The fraction of sp³-hybridized carbons (Fsp3) is 0.103. The molecule has 0 aliphatic carbocycles. The maximum absolute atomic E-state index is 13.5. The van der Waals surface area contributed by atoms with Crippen molar-refractivity contribution in [1.82, 2.24) is 15.0 Å². The van der Waals surface area contributed by atoms with Gasteiger partial charge in [-0.15, -0.1) is 0 Å². The van der Waals surface area contributed by atoms with Crippen LogP contribution in [-0.4, -0.2) is 39.3 Å². The zero-order valence-electron chi connectivity index (χ0n) is 20.7. The number of amides is 1. The van der Waals surface area contributed by atoms with Crippen LogP contribution < -0.4 is 16.2 Å². The highest BCUT2D eigenvalue weighted by molar-refractivity contribution is 5.95. The number of carbonyl (C=O) groups excluding carboxylic acids is 1. The first-order valence-corrected chi connectivity index (χ1v) is 11.9. The highest BCUT2D eigenvalue weighted by Gasteiger charge is 2.29. The van der Waals surface area contributed by atoms with Crippen molar-refractivity contribution in [3.05, 3.63) is 112 Å². The monoisotopic (exact) mass is 506 g/mol. The third-order valence-electron chi connectivity index (χ3n) is 6.30. The van der Waals surface area contributed by atoms with Crippen LogP contribution in [-0.2, 0) is 11.2 Å². The van der Waals surface area contributed by atoms with E-state index in [-0.39, 0.29) is 29.2 Å². The van der Waals surface area contributed by atoms with Gasteiger partial charge in [-0.3, -0.25) is 4.79 Å². The van der Waals surface area contributed by atoms with Crippen LogP contribution in [0.15, 0.2) is 84.1 Å². The number of aromatic hydroxyl groups is 1. The summed E-state index contributed by atoms with van der Waals surface area (Å²) < 4.78 is 5.37. The Hall–Kier alpha value is -5.18. The standard InChI is InChI=1S/C29H26N6O3/c1-38-24-15-18(14-22-16-32-29(31)34-28(22)30)13-20(27(24)37)11-12-25(36)35-26(19-7-3-2-4-8-19)23-10-6-5-9-21(23)17-33-35/h2-13,15-17,26,37H,14H2,1H3,(H4,30,31,32,34). The molecule has 0 bridgehead atoms. The predicted octanol–water partition coefficient (Wildman–Crippen LogP) is 3.92. The predicted molar refractivity (Wildman–Crippen MR) is 147 cm³/mol. The average Bonchev–Trinajstić information content (AvgIpc) is 2.94. The van der Waals surface area contributed by atoms with Crippen molar-refractivity contribution in [3.8, 4) is 11.5 Å². The van der Waals surface area contributed by atoms with Gasteiger partial charge in [0.25, 0.3) is 5.91 Å². The summed E-state index contributed by atoms with van der Waals surface area (Å²) in [6.07, 6.45) is 6.55. The molecule has 190 valence electrons. The molecular weight excluding hydrogens is 480 g/mol. The van der Waals surface area contributed by atoms with Crippen molar-refractivity contribution in [2.24, 2.45) is 5.10 Å². The van der Waals surface area contributed by atoms with E-state index in [1.807, 2.05) is 54.6 Å². The number of nitrogens with zero attached hydrogens (tertiary/aromatic N) is 4. The van der Waals surface area contributed by atoms with E-state index in [9.17, 15) is 9.90 Å². The third-order valence-corrected chi connectivity index (χ3v) is 6.30. The second kappa shape index (κ2) is 10.4. The molecule has 0 radical (unpaired) electrons. The maximum atomic E-state index is 13.5. The van der Waals surface area contributed by atoms with Crippen molar-refractivity contribution < 1.29 is 14.6 Å². The summed E-state index contributed by atoms with van der Waals surface area (Å²) in [4.78, 5) is 21.5. The molecule has 0 spiro atoms. The molecule has 0 saturated heterocycles. The van der Waals surface area contributed by atoms with Gasteiger partial charge in [0.05, 0.1) is 13.3 Å². The molecule has 5 N–H and O–H groups in total. The number of hydrazone groups is 1. The first-order chi connectivity index (χ1) is 18.4. The summed E-state index contributed by atoms with van der Waals surface area (Å²) >= 11 is 0. The average molecular weight is 507 g/mol. The largest absolute Gasteiger partial charge is 0.504 e. The highest BCUT2D eigenvalue weighted by Crippen LogP contribution is 2.35. The van der Waals surface area contributed by atoms with E-state index in [2.05, 4.69) is 15.1 Å². The van der Waals surface area contributed by atoms with Gasteiger partial charge in [0.2, 0.25) is 5.95 Å². The van der Waals surface area contributed by atoms with Gasteiger partial charge >= 0.3 is 0 Å². The molecule has 38 heavy (non-hydrogen) atoms. The van der Waals surface area contributed by atoms with Gasteiger partial charge in [-0.2, -0.15) is 10.1 Å². The summed E-state index contributed by atoms with van der Waals surface area (Å²) in [5.74, 6) is 0.190. The van der Waals surface area contributed by atoms with Gasteiger partial charge < -0.3 is 21.3 Å². The summed E-state index contributed by atoms with van der Waals surface area (Å²) in [7, 11) is 1.46. The topological polar surface area (TPSA) is 140 Å². The quantitative estimate of drug-likeness (QED) is 0.337. The molecule has 1 atom stereocenters. The van der Waals surface area contributed by atoms with E-state index in [1.165, 1.54) is 18.2 Å². The second-order valence-electron chi connectivity index (χ2n) is 8.75. The Morgan fingerprint density at radius 3 is 2.63 bits per heavy atom. The van der Waals surface area contributed by atoms with Gasteiger partial charge in [0, 0.05) is 35.4 Å². The Morgan fingerprint density at radius 1 is 1.11 bits per heavy atom. The molecule has 9 nitrogen and oxygen atoms in total. The minimum Gasteiger partial charge on any atom is -0.504 e. The number of nitrogens with two attached hydrogens (primary N) is 2. The fourth-order valence-corrected chi connectivity index (χ4v) is 4.44. The number of fused-ring (bicyclic) bond motifs is 1. The van der Waals surface area contributed by atoms with Gasteiger partial charge in [-0.1, -0.05) is 54.6 Å². The number of nitrogen functional groups attached to an aromatic ring is 2. The third kappa shape index (κ3) is 4.90. The lowest BCUT2D eigenvalue weighted by Crippen LogP contribution is -2.33. The first kappa shape index (κ1) is 24.5. The van der Waals surface area contributed by atoms with Crippen LogP contribution in [0.2, 0.25) is 0 Å². The van der Waals surface area contributed by atoms with Crippen molar-refractivity contribution in [1.29, 1.82) is 0 Å². The molecule has 5 rings (SSSR count). The molecule has 1 aliphatic heterocycles. The van der Waals surface area contributed by atoms with E-state index < -0.39 is 6.04 Å². The zero-order chi connectivity index (χ0) is 26.6. The van der Waals surface area contributed by atoms with E-state index in [4.69, 9.17) is 16.2 Å². The van der Waals surface area contributed by atoms with E-state index >= 15 is 0 Å². The number of ether oxygens (including phenoxy) is 1. The Balaban J connectivity index is 1.46. The van der Waals surface area contributed by atoms with E-state index in [1.54, 1.807) is 30.6 Å². The molecular formula is C29H26N6O3. The number of phenolic OH excluding ortho intramolecular Hbond substituents is 1. The normalized spacial score (nSPS) is 14.4. The molecule has 1 unspecified atom stereocenters. The van der Waals surface area contributed by atoms with Gasteiger partial charge in [-0.05, 0) is 34.9 Å². The Morgan fingerprint density at radius 2 is 1.87 bits per heavy atom. The molecule has 9 heteroatoms. The minimum absolute atomic E-state index is 0.0890. The molecule has 0 fully saturated rings. The van der Waals surface area contributed by atoms with Gasteiger partial charge in [-0.25, -0.2) is 9.99 Å². The molecule has 0 saturated carbocycles. The van der Waals surface area contributed by atoms with E-state index in [0.29, 0.717) is 17.5 Å². The highest BCUT2D eigenvalue weighted by atomic mass is 16.5. The number of anilines is 2. The fourth-order valence-electron chi connectivity index (χ4n) is 4.44. The van der Waals surface area contributed by atoms with Crippen molar-refractivity contribution in [2.45, 2.75) is 12.5 Å². The molecule has 3 aromatic carbocycles. The second-order valence-corrected chi connectivity index (χ2v) is 8.75. The number of hydrogen-bond donors (Lipinski definition) is 3. The van der Waals surface area contributed by atoms with Crippen LogP contribution in [0.25, 0.3) is 6.08 Å². The van der Waals surface area contributed by atoms with Crippen LogP contribution in [0.5, 0.6) is 11.5 Å². The molecule has 1 aliphatic rings. The first-order valence-electron chi connectivity index (χ1n) is 11.9. The van der Waals surface area contributed by atoms with Crippen molar-refractivity contribution >= 4 is 30.0 Å². The summed E-state index contributed by atoms with van der Waals surface area (Å²) in [5, 5.41) is 16.7. The molecule has 1 amide bonds. The number of benzene rings is 3. The summed E-state index contributed by atoms with van der Waals surface area (Å²) in [6.45, 7) is 0. The van der Waals surface area contributed by atoms with Crippen molar-refractivity contribution in [3.63, 3.8) is 0 Å². The van der Waals surface area contributed by atoms with Crippen molar-refractivity contribution in [2.75, 3.05) is 18.6 Å². The Bertz CT molecular complexity index is 1550. The lowest BCUT2D eigenvalue weighted by atomic mass is 9.93. The summed E-state index contributed by atoms with van der Waals surface area (Å²) in [6, 6.07) is 20.7. The minimum atomic E-state index is -0.391. The number of methoxy groups -OCH3 is 1. The number of rotatable bonds is 6. The lowest BCUT2D eigenvalue weighted by Gasteiger charge is -2.31. The molecule has 2 heterocycles. The van der Waals surface area contributed by atoms with Crippen LogP contribution in [0.3, 0.4) is 0 Å². The summed E-state index contributed by atoms with van der Waals surface area (Å²) in [5.41, 5.74) is 16.3. The zero-order valence-corrected chi connectivity index (χ0v) is 20.7. The smallest absolute Gasteiger partial charge is 0.267 e. The van der Waals surface area contributed by atoms with Crippen LogP contribution in [0.4, 0.5) is 11.8 Å². The molecule has 4 aromatic rings. The SMILES string of the molecule is COc1cc(Cc2cnc(N)nc2N)cc(C=CC(=O)N2N=Cc3ccccc3C2c2ccccc2)c1O. The lowest BCUT2D eigenvalue weighted by molar-refractivity contribution is -0.127. The Kier molecular flexibility index (Phi) is 6.73. The number of carbonyl (C=O) groups is 1. The van der Waals surface area contributed by atoms with E-state index in [0.717, 1.165) is 22.3 Å².